The van der Waals surface area contributed by atoms with Crippen LogP contribution in [0.1, 0.15) is 0 Å². The predicted molar refractivity (Wildman–Crippen MR) is 132 cm³/mol. The van der Waals surface area contributed by atoms with Crippen molar-refractivity contribution in [1.29, 1.82) is 0 Å². The van der Waals surface area contributed by atoms with Crippen LogP contribution in [0.5, 0.6) is 0 Å². The lowest BCUT2D eigenvalue weighted by atomic mass is 10.0. The zero-order chi connectivity index (χ0) is 21.9. The minimum atomic E-state index is 0.170. The van der Waals surface area contributed by atoms with Crippen molar-refractivity contribution in [3.05, 3.63) is 96.3 Å². The molecule has 4 aromatic carbocycles. The van der Waals surface area contributed by atoms with Crippen LogP contribution in [0.4, 0.5) is 0 Å². The quantitative estimate of drug-likeness (QED) is 0.251. The molecule has 7 rings (SSSR count). The average molecular weight is 447 g/mol. The molecule has 0 atom stereocenters. The summed E-state index contributed by atoms with van der Waals surface area (Å²) in [4.78, 5) is 9.07. The number of aromatic nitrogens is 2. The molecule has 0 aliphatic heterocycles. The van der Waals surface area contributed by atoms with E-state index in [4.69, 9.17) is 20.4 Å². The first-order chi connectivity index (χ1) is 16.3. The van der Waals surface area contributed by atoms with Gasteiger partial charge in [-0.1, -0.05) is 60.7 Å². The summed E-state index contributed by atoms with van der Waals surface area (Å²) in [7, 11) is 0. The van der Waals surface area contributed by atoms with Crippen molar-refractivity contribution < 1.29 is 8.83 Å². The SMILES string of the molecule is Clc1nc(-c2cccc3c2oc2ccccc23)cc(-c2cccc3c2oc2ccccc23)n1. The fraction of sp³-hybridized carbons (Fsp3) is 0. The second-order valence-corrected chi connectivity index (χ2v) is 8.31. The Bertz CT molecular complexity index is 1720. The van der Waals surface area contributed by atoms with Crippen molar-refractivity contribution in [2.45, 2.75) is 0 Å². The van der Waals surface area contributed by atoms with E-state index in [9.17, 15) is 0 Å². The molecule has 0 radical (unpaired) electrons. The number of hydrogen-bond acceptors (Lipinski definition) is 4. The van der Waals surface area contributed by atoms with Crippen LogP contribution in [0.25, 0.3) is 66.4 Å². The summed E-state index contributed by atoms with van der Waals surface area (Å²) >= 11 is 6.43. The number of para-hydroxylation sites is 4. The summed E-state index contributed by atoms with van der Waals surface area (Å²) in [6.45, 7) is 0. The molecule has 3 aromatic heterocycles. The monoisotopic (exact) mass is 446 g/mol. The van der Waals surface area contributed by atoms with Crippen LogP contribution >= 0.6 is 11.6 Å². The number of hydrogen-bond donors (Lipinski definition) is 0. The molecule has 0 spiro atoms. The topological polar surface area (TPSA) is 52.1 Å². The van der Waals surface area contributed by atoms with E-state index in [0.29, 0.717) is 11.4 Å². The number of furan rings is 2. The van der Waals surface area contributed by atoms with Crippen molar-refractivity contribution in [2.75, 3.05) is 0 Å². The highest BCUT2D eigenvalue weighted by Crippen LogP contribution is 2.38. The van der Waals surface area contributed by atoms with Gasteiger partial charge >= 0.3 is 0 Å². The third-order valence-corrected chi connectivity index (χ3v) is 6.23. The summed E-state index contributed by atoms with van der Waals surface area (Å²) in [6.07, 6.45) is 0. The maximum Gasteiger partial charge on any atom is 0.223 e. The van der Waals surface area contributed by atoms with Crippen LogP contribution in [0.3, 0.4) is 0 Å². The highest BCUT2D eigenvalue weighted by atomic mass is 35.5. The number of halogens is 1. The predicted octanol–water partition coefficient (Wildman–Crippen LogP) is 8.26. The molecule has 0 aliphatic rings. The van der Waals surface area contributed by atoms with Crippen molar-refractivity contribution >= 4 is 55.5 Å². The summed E-state index contributed by atoms with van der Waals surface area (Å²) < 4.78 is 12.4. The van der Waals surface area contributed by atoms with Gasteiger partial charge in [0.25, 0.3) is 0 Å². The average Bonchev–Trinajstić information content (AvgIpc) is 3.42. The standard InChI is InChI=1S/C28H15ClN2O2/c29-28-30-22(20-11-5-9-18-16-7-1-3-13-24(16)32-26(18)20)15-23(31-28)21-12-6-10-19-17-8-2-4-14-25(17)33-27(19)21/h1-15H. The van der Waals surface area contributed by atoms with Gasteiger partial charge in [0, 0.05) is 32.7 Å². The van der Waals surface area contributed by atoms with Crippen molar-refractivity contribution in [3.8, 4) is 22.5 Å². The second-order valence-electron chi connectivity index (χ2n) is 7.97. The molecule has 5 heteroatoms. The number of rotatable bonds is 2. The van der Waals surface area contributed by atoms with Gasteiger partial charge in [-0.05, 0) is 41.9 Å². The van der Waals surface area contributed by atoms with Gasteiger partial charge in [0.1, 0.15) is 22.3 Å². The lowest BCUT2D eigenvalue weighted by Crippen LogP contribution is -1.92. The minimum absolute atomic E-state index is 0.170. The summed E-state index contributed by atoms with van der Waals surface area (Å²) in [5.74, 6) is 0. The molecule has 0 bridgehead atoms. The fourth-order valence-electron chi connectivity index (χ4n) is 4.59. The second kappa shape index (κ2) is 6.92. The molecule has 0 N–H and O–H groups in total. The summed E-state index contributed by atoms with van der Waals surface area (Å²) in [5, 5.41) is 4.39. The normalized spacial score (nSPS) is 11.8. The van der Waals surface area contributed by atoms with E-state index in [-0.39, 0.29) is 5.28 Å². The molecule has 7 aromatic rings. The van der Waals surface area contributed by atoms with E-state index in [1.807, 2.05) is 66.7 Å². The van der Waals surface area contributed by atoms with Crippen LogP contribution in [0, 0.1) is 0 Å². The van der Waals surface area contributed by atoms with Gasteiger partial charge in [-0.25, -0.2) is 9.97 Å². The number of benzene rings is 4. The van der Waals surface area contributed by atoms with E-state index >= 15 is 0 Å². The Balaban J connectivity index is 1.48. The molecule has 0 saturated carbocycles. The Morgan fingerprint density at radius 2 is 0.970 bits per heavy atom. The first-order valence-electron chi connectivity index (χ1n) is 10.6. The molecule has 0 amide bonds. The summed E-state index contributed by atoms with van der Waals surface area (Å²) in [6, 6.07) is 30.1. The maximum absolute atomic E-state index is 6.43. The van der Waals surface area contributed by atoms with E-state index < -0.39 is 0 Å². The van der Waals surface area contributed by atoms with Crippen LogP contribution in [-0.2, 0) is 0 Å². The Kier molecular flexibility index (Phi) is 3.87. The Morgan fingerprint density at radius 1 is 0.515 bits per heavy atom. The van der Waals surface area contributed by atoms with Gasteiger partial charge in [0.05, 0.1) is 11.4 Å². The van der Waals surface area contributed by atoms with Gasteiger partial charge in [0.15, 0.2) is 0 Å². The molecule has 156 valence electrons. The smallest absolute Gasteiger partial charge is 0.223 e. The highest BCUT2D eigenvalue weighted by Gasteiger charge is 2.17. The fourth-order valence-corrected chi connectivity index (χ4v) is 4.77. The number of fused-ring (bicyclic) bond motifs is 6. The molecule has 0 fully saturated rings. The highest BCUT2D eigenvalue weighted by molar-refractivity contribution is 6.28. The van der Waals surface area contributed by atoms with Gasteiger partial charge in [-0.15, -0.1) is 0 Å². The molecular weight excluding hydrogens is 432 g/mol. The Hall–Kier alpha value is -4.15. The van der Waals surface area contributed by atoms with Gasteiger partial charge < -0.3 is 8.83 Å². The zero-order valence-corrected chi connectivity index (χ0v) is 18.0. The Labute approximate surface area is 193 Å². The van der Waals surface area contributed by atoms with E-state index in [1.54, 1.807) is 0 Å². The summed E-state index contributed by atoms with van der Waals surface area (Å²) in [5.41, 5.74) is 6.37. The van der Waals surface area contributed by atoms with Crippen LogP contribution < -0.4 is 0 Å². The zero-order valence-electron chi connectivity index (χ0n) is 17.2. The molecule has 4 nitrogen and oxygen atoms in total. The molecule has 33 heavy (non-hydrogen) atoms. The molecule has 0 unspecified atom stereocenters. The maximum atomic E-state index is 6.43. The third-order valence-electron chi connectivity index (χ3n) is 6.06. The van der Waals surface area contributed by atoms with E-state index in [1.165, 1.54) is 0 Å². The third kappa shape index (κ3) is 2.78. The lowest BCUT2D eigenvalue weighted by Gasteiger charge is -2.07. The first kappa shape index (κ1) is 18.4. The lowest BCUT2D eigenvalue weighted by molar-refractivity contribution is 0.669. The van der Waals surface area contributed by atoms with Crippen LogP contribution in [-0.4, -0.2) is 9.97 Å². The van der Waals surface area contributed by atoms with Gasteiger partial charge in [0.2, 0.25) is 5.28 Å². The van der Waals surface area contributed by atoms with Gasteiger partial charge in [-0.2, -0.15) is 0 Å². The molecular formula is C28H15ClN2O2. The first-order valence-corrected chi connectivity index (χ1v) is 11.0. The van der Waals surface area contributed by atoms with Crippen LogP contribution in [0.2, 0.25) is 5.28 Å². The van der Waals surface area contributed by atoms with E-state index in [2.05, 4.69) is 34.2 Å². The van der Waals surface area contributed by atoms with E-state index in [0.717, 1.165) is 55.0 Å². The molecule has 3 heterocycles. The molecule has 0 aliphatic carbocycles. The Morgan fingerprint density at radius 3 is 1.48 bits per heavy atom. The van der Waals surface area contributed by atoms with Crippen molar-refractivity contribution in [3.63, 3.8) is 0 Å². The van der Waals surface area contributed by atoms with Crippen molar-refractivity contribution in [2.24, 2.45) is 0 Å². The molecule has 0 saturated heterocycles. The number of nitrogens with zero attached hydrogens (tertiary/aromatic N) is 2. The minimum Gasteiger partial charge on any atom is -0.455 e. The largest absolute Gasteiger partial charge is 0.455 e. The van der Waals surface area contributed by atoms with Crippen LogP contribution in [0.15, 0.2) is 99.8 Å². The van der Waals surface area contributed by atoms with Crippen molar-refractivity contribution in [1.82, 2.24) is 9.97 Å². The van der Waals surface area contributed by atoms with Gasteiger partial charge in [-0.3, -0.25) is 0 Å².